The zero-order valence-corrected chi connectivity index (χ0v) is 22.0. The molecule has 0 unspecified atom stereocenters. The molecule has 186 valence electrons. The highest BCUT2D eigenvalue weighted by Gasteiger charge is 2.21. The van der Waals surface area contributed by atoms with E-state index in [1.54, 1.807) is 48.5 Å². The van der Waals surface area contributed by atoms with Gasteiger partial charge in [0.1, 0.15) is 5.75 Å². The van der Waals surface area contributed by atoms with E-state index in [2.05, 4.69) is 33.0 Å². The molecule has 35 heavy (non-hydrogen) atoms. The molecule has 3 aromatic rings. The average Bonchev–Trinajstić information content (AvgIpc) is 2.82. The van der Waals surface area contributed by atoms with Gasteiger partial charge in [-0.2, -0.15) is 0 Å². The van der Waals surface area contributed by atoms with E-state index < -0.39 is 10.0 Å². The van der Waals surface area contributed by atoms with Crippen LogP contribution < -0.4 is 14.4 Å². The molecule has 0 radical (unpaired) electrons. The Kier molecular flexibility index (Phi) is 8.22. The number of nitrogens with one attached hydrogen (secondary N) is 1. The number of hydrogen-bond donors (Lipinski definition) is 1. The minimum Gasteiger partial charge on any atom is -0.484 e. The van der Waals surface area contributed by atoms with Crippen molar-refractivity contribution in [1.82, 2.24) is 0 Å². The van der Waals surface area contributed by atoms with E-state index in [0.29, 0.717) is 11.4 Å². The fraction of sp³-hybridized carbons (Fsp3) is 0.321. The first kappa shape index (κ1) is 26.3. The number of carbonyl (C=O) groups is 1. The second-order valence-electron chi connectivity index (χ2n) is 9.24. The summed E-state index contributed by atoms with van der Waals surface area (Å²) < 4.78 is 32.7. The van der Waals surface area contributed by atoms with Gasteiger partial charge in [0.2, 0.25) is 0 Å². The van der Waals surface area contributed by atoms with Gasteiger partial charge in [-0.1, -0.05) is 63.6 Å². The maximum Gasteiger partial charge on any atom is 0.264 e. The topological polar surface area (TPSA) is 75.7 Å². The van der Waals surface area contributed by atoms with Gasteiger partial charge in [-0.05, 0) is 66.3 Å². The van der Waals surface area contributed by atoms with Gasteiger partial charge in [0.15, 0.2) is 6.61 Å². The molecule has 3 aromatic carbocycles. The second kappa shape index (κ2) is 11.0. The van der Waals surface area contributed by atoms with Gasteiger partial charge in [-0.25, -0.2) is 8.42 Å². The van der Waals surface area contributed by atoms with Gasteiger partial charge in [0.25, 0.3) is 15.9 Å². The molecule has 0 aliphatic rings. The molecule has 3 rings (SSSR count). The van der Waals surface area contributed by atoms with Crippen LogP contribution in [0.15, 0.2) is 71.6 Å². The van der Waals surface area contributed by atoms with Crippen LogP contribution in [0.5, 0.6) is 5.75 Å². The van der Waals surface area contributed by atoms with Crippen LogP contribution in [0.1, 0.15) is 56.2 Å². The van der Waals surface area contributed by atoms with Gasteiger partial charge in [-0.15, -0.1) is 0 Å². The summed E-state index contributed by atoms with van der Waals surface area (Å²) in [4.78, 5) is 12.9. The highest BCUT2D eigenvalue weighted by Crippen LogP contribution is 2.32. The number of rotatable bonds is 9. The van der Waals surface area contributed by atoms with Gasteiger partial charge in [0.05, 0.1) is 10.6 Å². The molecule has 0 aliphatic heterocycles. The Labute approximate surface area is 209 Å². The quantitative estimate of drug-likeness (QED) is 0.391. The molecular formula is C28H34N2O4S. The molecule has 0 fully saturated rings. The van der Waals surface area contributed by atoms with Crippen molar-refractivity contribution in [2.24, 2.45) is 0 Å². The molecule has 0 bridgehead atoms. The Morgan fingerprint density at radius 1 is 0.886 bits per heavy atom. The number of para-hydroxylation sites is 1. The molecule has 6 nitrogen and oxygen atoms in total. The Hall–Kier alpha value is -3.32. The number of anilines is 2. The molecule has 0 saturated heterocycles. The predicted octanol–water partition coefficient (Wildman–Crippen LogP) is 6.08. The molecular weight excluding hydrogens is 460 g/mol. The number of amides is 1. The smallest absolute Gasteiger partial charge is 0.264 e. The van der Waals surface area contributed by atoms with Crippen LogP contribution in [0.25, 0.3) is 0 Å². The molecule has 0 aliphatic carbocycles. The Morgan fingerprint density at radius 3 is 1.94 bits per heavy atom. The SMILES string of the molecule is Cc1ccc(S(=O)(=O)N(C)c2ccc(OCC(=O)Nc3c(C(C)C)cccc3C(C)C)cc2)cc1. The summed E-state index contributed by atoms with van der Waals surface area (Å²) in [5.74, 6) is 0.769. The number of benzene rings is 3. The van der Waals surface area contributed by atoms with Gasteiger partial charge < -0.3 is 10.1 Å². The van der Waals surface area contributed by atoms with Crippen LogP contribution >= 0.6 is 0 Å². The van der Waals surface area contributed by atoms with Crippen LogP contribution in [0.3, 0.4) is 0 Å². The van der Waals surface area contributed by atoms with E-state index in [9.17, 15) is 13.2 Å². The lowest BCUT2D eigenvalue weighted by molar-refractivity contribution is -0.118. The van der Waals surface area contributed by atoms with Crippen LogP contribution in [-0.4, -0.2) is 28.0 Å². The van der Waals surface area contributed by atoms with E-state index in [1.807, 2.05) is 25.1 Å². The van der Waals surface area contributed by atoms with Crippen molar-refractivity contribution in [2.45, 2.75) is 51.3 Å². The lowest BCUT2D eigenvalue weighted by Gasteiger charge is -2.21. The van der Waals surface area contributed by atoms with E-state index in [-0.39, 0.29) is 29.2 Å². The molecule has 0 atom stereocenters. The number of carbonyl (C=O) groups excluding carboxylic acids is 1. The first-order valence-corrected chi connectivity index (χ1v) is 13.2. The largest absolute Gasteiger partial charge is 0.484 e. The minimum absolute atomic E-state index is 0.152. The number of nitrogens with zero attached hydrogens (tertiary/aromatic N) is 1. The molecule has 0 spiro atoms. The first-order chi connectivity index (χ1) is 16.5. The van der Waals surface area contributed by atoms with Crippen molar-refractivity contribution in [3.05, 3.63) is 83.4 Å². The van der Waals surface area contributed by atoms with Gasteiger partial charge in [-0.3, -0.25) is 9.10 Å². The van der Waals surface area contributed by atoms with Crippen molar-refractivity contribution in [1.29, 1.82) is 0 Å². The lowest BCUT2D eigenvalue weighted by atomic mass is 9.92. The van der Waals surface area contributed by atoms with Crippen LogP contribution in [0.2, 0.25) is 0 Å². The van der Waals surface area contributed by atoms with Crippen molar-refractivity contribution in [3.8, 4) is 5.75 Å². The third-order valence-corrected chi connectivity index (χ3v) is 7.69. The van der Waals surface area contributed by atoms with Gasteiger partial charge >= 0.3 is 0 Å². The van der Waals surface area contributed by atoms with E-state index in [1.165, 1.54) is 11.4 Å². The first-order valence-electron chi connectivity index (χ1n) is 11.7. The summed E-state index contributed by atoms with van der Waals surface area (Å²) in [7, 11) is -2.17. The normalized spacial score (nSPS) is 11.5. The minimum atomic E-state index is -3.68. The van der Waals surface area contributed by atoms with Crippen molar-refractivity contribution >= 4 is 27.3 Å². The fourth-order valence-corrected chi connectivity index (χ4v) is 4.97. The van der Waals surface area contributed by atoms with Crippen LogP contribution in [0.4, 0.5) is 11.4 Å². The van der Waals surface area contributed by atoms with E-state index in [4.69, 9.17) is 4.74 Å². The molecule has 0 aromatic heterocycles. The molecule has 7 heteroatoms. The standard InChI is InChI=1S/C28H34N2O4S/c1-19(2)25-8-7-9-26(20(3)4)28(25)29-27(31)18-34-23-14-12-22(13-15-23)30(6)35(32,33)24-16-10-21(5)11-17-24/h7-17,19-20H,18H2,1-6H3,(H,29,31). The monoisotopic (exact) mass is 494 g/mol. The third kappa shape index (κ3) is 6.22. The van der Waals surface area contributed by atoms with Crippen molar-refractivity contribution in [2.75, 3.05) is 23.3 Å². The maximum absolute atomic E-state index is 12.9. The number of sulfonamides is 1. The highest BCUT2D eigenvalue weighted by molar-refractivity contribution is 7.92. The predicted molar refractivity (Wildman–Crippen MR) is 142 cm³/mol. The summed E-state index contributed by atoms with van der Waals surface area (Å²) in [5.41, 5.74) is 4.52. The third-order valence-electron chi connectivity index (χ3n) is 5.89. The molecule has 1 amide bonds. The van der Waals surface area contributed by atoms with Crippen molar-refractivity contribution < 1.29 is 17.9 Å². The highest BCUT2D eigenvalue weighted by atomic mass is 32.2. The molecule has 1 N–H and O–H groups in total. The van der Waals surface area contributed by atoms with Crippen LogP contribution in [0, 0.1) is 6.92 Å². The second-order valence-corrected chi connectivity index (χ2v) is 11.2. The zero-order valence-electron chi connectivity index (χ0n) is 21.2. The number of ether oxygens (including phenoxy) is 1. The van der Waals surface area contributed by atoms with Gasteiger partial charge in [0, 0.05) is 12.7 Å². The zero-order chi connectivity index (χ0) is 25.8. The summed E-state index contributed by atoms with van der Waals surface area (Å²) >= 11 is 0. The Morgan fingerprint density at radius 2 is 1.43 bits per heavy atom. The summed E-state index contributed by atoms with van der Waals surface area (Å²) in [5, 5.41) is 3.03. The summed E-state index contributed by atoms with van der Waals surface area (Å²) in [6.45, 7) is 10.2. The average molecular weight is 495 g/mol. The van der Waals surface area contributed by atoms with E-state index >= 15 is 0 Å². The number of aryl methyl sites for hydroxylation is 1. The molecule has 0 saturated carbocycles. The van der Waals surface area contributed by atoms with Crippen molar-refractivity contribution in [3.63, 3.8) is 0 Å². The summed E-state index contributed by atoms with van der Waals surface area (Å²) in [6, 6.07) is 19.5. The van der Waals surface area contributed by atoms with E-state index in [0.717, 1.165) is 22.4 Å². The molecule has 0 heterocycles. The fourth-order valence-electron chi connectivity index (χ4n) is 3.78. The Bertz CT molecular complexity index is 1240. The van der Waals surface area contributed by atoms with Crippen LogP contribution in [-0.2, 0) is 14.8 Å². The number of hydrogen-bond acceptors (Lipinski definition) is 4. The maximum atomic E-state index is 12.9. The summed E-state index contributed by atoms with van der Waals surface area (Å²) in [6.07, 6.45) is 0. The Balaban J connectivity index is 1.67. The lowest BCUT2D eigenvalue weighted by Crippen LogP contribution is -2.26.